The Hall–Kier alpha value is -2.65. The first-order chi connectivity index (χ1) is 14.5. The number of aryl methyl sites for hydroxylation is 1. The molecule has 0 atom stereocenters. The van der Waals surface area contributed by atoms with Crippen molar-refractivity contribution in [1.29, 1.82) is 0 Å². The van der Waals surface area contributed by atoms with Crippen LogP contribution in [-0.4, -0.2) is 38.5 Å². The highest BCUT2D eigenvalue weighted by atomic mass is 32.2. The molecule has 3 rings (SSSR count). The van der Waals surface area contributed by atoms with Crippen LogP contribution in [0.4, 0.5) is 4.79 Å². The van der Waals surface area contributed by atoms with Gasteiger partial charge in [0.05, 0.1) is 5.75 Å². The van der Waals surface area contributed by atoms with E-state index in [2.05, 4.69) is 43.6 Å². The van der Waals surface area contributed by atoms with Gasteiger partial charge in [-0.3, -0.25) is 10.1 Å². The van der Waals surface area contributed by atoms with Crippen molar-refractivity contribution in [3.8, 4) is 0 Å². The predicted molar refractivity (Wildman–Crippen MR) is 120 cm³/mol. The third kappa shape index (κ3) is 6.70. The van der Waals surface area contributed by atoms with Crippen molar-refractivity contribution in [1.82, 2.24) is 25.4 Å². The molecule has 9 heteroatoms. The van der Waals surface area contributed by atoms with Crippen molar-refractivity contribution < 1.29 is 9.59 Å². The highest BCUT2D eigenvalue weighted by Gasteiger charge is 2.16. The summed E-state index contributed by atoms with van der Waals surface area (Å²) in [6.45, 7) is 4.39. The molecule has 0 fully saturated rings. The number of imide groups is 1. The van der Waals surface area contributed by atoms with Gasteiger partial charge >= 0.3 is 6.03 Å². The number of thioether (sulfide) groups is 1. The molecule has 0 radical (unpaired) electrons. The second-order valence-corrected chi connectivity index (χ2v) is 8.98. The number of hydrogen-bond acceptors (Lipinski definition) is 6. The van der Waals surface area contributed by atoms with E-state index < -0.39 is 6.03 Å². The number of urea groups is 1. The average molecular weight is 444 g/mol. The average Bonchev–Trinajstić information content (AvgIpc) is 3.35. The van der Waals surface area contributed by atoms with Gasteiger partial charge in [-0.25, -0.2) is 4.79 Å². The SMILES string of the molecule is CC(C)NC(=O)NC(=O)CSc1nnc(Cc2cccs2)n1CCc1ccccc1. The van der Waals surface area contributed by atoms with Gasteiger partial charge in [0.25, 0.3) is 0 Å². The van der Waals surface area contributed by atoms with Crippen LogP contribution in [-0.2, 0) is 24.2 Å². The van der Waals surface area contributed by atoms with E-state index in [0.29, 0.717) is 11.6 Å². The molecule has 0 bridgehead atoms. The summed E-state index contributed by atoms with van der Waals surface area (Å²) in [7, 11) is 0. The van der Waals surface area contributed by atoms with Crippen LogP contribution < -0.4 is 10.6 Å². The smallest absolute Gasteiger partial charge is 0.321 e. The molecule has 2 N–H and O–H groups in total. The largest absolute Gasteiger partial charge is 0.336 e. The fourth-order valence-corrected chi connectivity index (χ4v) is 4.31. The molecule has 0 saturated carbocycles. The molecular formula is C21H25N5O2S2. The highest BCUT2D eigenvalue weighted by molar-refractivity contribution is 7.99. The summed E-state index contributed by atoms with van der Waals surface area (Å²) in [5.41, 5.74) is 1.23. The summed E-state index contributed by atoms with van der Waals surface area (Å²) < 4.78 is 2.07. The van der Waals surface area contributed by atoms with Crippen LogP contribution >= 0.6 is 23.1 Å². The Bertz CT molecular complexity index is 955. The second kappa shape index (κ2) is 10.9. The minimum atomic E-state index is -0.487. The molecule has 1 aromatic carbocycles. The van der Waals surface area contributed by atoms with Crippen molar-refractivity contribution in [2.24, 2.45) is 0 Å². The third-order valence-electron chi connectivity index (χ3n) is 4.18. The van der Waals surface area contributed by atoms with Crippen molar-refractivity contribution >= 4 is 35.0 Å². The Morgan fingerprint density at radius 1 is 1.13 bits per heavy atom. The maximum Gasteiger partial charge on any atom is 0.321 e. The Balaban J connectivity index is 1.67. The van der Waals surface area contributed by atoms with Crippen LogP contribution in [0.2, 0.25) is 0 Å². The summed E-state index contributed by atoms with van der Waals surface area (Å²) in [6, 6.07) is 13.8. The summed E-state index contributed by atoms with van der Waals surface area (Å²) in [6.07, 6.45) is 1.54. The molecule has 158 valence electrons. The number of benzene rings is 1. The quantitative estimate of drug-likeness (QED) is 0.494. The lowest BCUT2D eigenvalue weighted by atomic mass is 10.1. The summed E-state index contributed by atoms with van der Waals surface area (Å²) in [5, 5.41) is 16.4. The molecule has 30 heavy (non-hydrogen) atoms. The standard InChI is InChI=1S/C21H25N5O2S2/c1-15(2)22-20(28)23-19(27)14-30-21-25-24-18(13-17-9-6-12-29-17)26(21)11-10-16-7-4-3-5-8-16/h3-9,12,15H,10-11,13-14H2,1-2H3,(H2,22,23,27,28). The summed E-state index contributed by atoms with van der Waals surface area (Å²) in [5.74, 6) is 0.595. The van der Waals surface area contributed by atoms with Gasteiger partial charge in [0.15, 0.2) is 5.16 Å². The molecule has 0 spiro atoms. The maximum atomic E-state index is 12.1. The minimum absolute atomic E-state index is 0.0358. The molecule has 0 aliphatic carbocycles. The number of rotatable bonds is 9. The maximum absolute atomic E-state index is 12.1. The molecule has 0 aliphatic heterocycles. The van der Waals surface area contributed by atoms with Crippen molar-refractivity contribution in [2.75, 3.05) is 5.75 Å². The molecule has 2 aromatic heterocycles. The molecule has 3 amide bonds. The lowest BCUT2D eigenvalue weighted by molar-refractivity contribution is -0.117. The molecule has 0 saturated heterocycles. The van der Waals surface area contributed by atoms with E-state index in [-0.39, 0.29) is 17.7 Å². The van der Waals surface area contributed by atoms with Crippen LogP contribution in [0.3, 0.4) is 0 Å². The van der Waals surface area contributed by atoms with Crippen LogP contribution in [0.15, 0.2) is 53.0 Å². The number of nitrogens with one attached hydrogen (secondary N) is 2. The van der Waals surface area contributed by atoms with Gasteiger partial charge in [-0.15, -0.1) is 21.5 Å². The van der Waals surface area contributed by atoms with E-state index in [4.69, 9.17) is 0 Å². The van der Waals surface area contributed by atoms with Gasteiger partial charge < -0.3 is 9.88 Å². The zero-order valence-corrected chi connectivity index (χ0v) is 18.6. The monoisotopic (exact) mass is 443 g/mol. The third-order valence-corrected chi connectivity index (χ3v) is 6.02. The number of carbonyl (C=O) groups is 2. The van der Waals surface area contributed by atoms with Crippen molar-refractivity contribution in [2.45, 2.75) is 44.4 Å². The fourth-order valence-electron chi connectivity index (χ4n) is 2.83. The molecule has 7 nitrogen and oxygen atoms in total. The normalized spacial score (nSPS) is 10.9. The number of hydrogen-bond donors (Lipinski definition) is 2. The Labute approximate surface area is 184 Å². The number of aromatic nitrogens is 3. The number of thiophene rings is 1. The molecule has 0 unspecified atom stereocenters. The minimum Gasteiger partial charge on any atom is -0.336 e. The van der Waals surface area contributed by atoms with Gasteiger partial charge in [-0.05, 0) is 37.3 Å². The predicted octanol–water partition coefficient (Wildman–Crippen LogP) is 3.50. The van der Waals surface area contributed by atoms with E-state index >= 15 is 0 Å². The van der Waals surface area contributed by atoms with Gasteiger partial charge in [0.1, 0.15) is 5.82 Å². The van der Waals surface area contributed by atoms with E-state index in [1.807, 2.05) is 43.5 Å². The van der Waals surface area contributed by atoms with Gasteiger partial charge in [-0.2, -0.15) is 0 Å². The van der Waals surface area contributed by atoms with Gasteiger partial charge in [-0.1, -0.05) is 48.2 Å². The van der Waals surface area contributed by atoms with Crippen LogP contribution in [0.5, 0.6) is 0 Å². The Kier molecular flexibility index (Phi) is 8.04. The van der Waals surface area contributed by atoms with E-state index in [9.17, 15) is 9.59 Å². The molecule has 3 aromatic rings. The van der Waals surface area contributed by atoms with Crippen molar-refractivity contribution in [3.63, 3.8) is 0 Å². The zero-order chi connectivity index (χ0) is 21.3. The number of amides is 3. The van der Waals surface area contributed by atoms with Gasteiger partial charge in [0, 0.05) is 23.9 Å². The van der Waals surface area contributed by atoms with Crippen LogP contribution in [0, 0.1) is 0 Å². The number of nitrogens with zero attached hydrogens (tertiary/aromatic N) is 3. The highest BCUT2D eigenvalue weighted by Crippen LogP contribution is 2.21. The van der Waals surface area contributed by atoms with Crippen LogP contribution in [0.1, 0.15) is 30.1 Å². The molecule has 0 aliphatic rings. The summed E-state index contributed by atoms with van der Waals surface area (Å²) >= 11 is 2.97. The van der Waals surface area contributed by atoms with E-state index in [1.54, 1.807) is 11.3 Å². The first-order valence-electron chi connectivity index (χ1n) is 9.73. The lowest BCUT2D eigenvalue weighted by Crippen LogP contribution is -2.43. The summed E-state index contributed by atoms with van der Waals surface area (Å²) in [4.78, 5) is 25.0. The van der Waals surface area contributed by atoms with Crippen LogP contribution in [0.25, 0.3) is 0 Å². The first kappa shape index (κ1) is 22.0. The second-order valence-electron chi connectivity index (χ2n) is 7.01. The van der Waals surface area contributed by atoms with E-state index in [1.165, 1.54) is 22.2 Å². The fraction of sp³-hybridized carbons (Fsp3) is 0.333. The molecular weight excluding hydrogens is 418 g/mol. The Morgan fingerprint density at radius 2 is 1.93 bits per heavy atom. The Morgan fingerprint density at radius 3 is 2.63 bits per heavy atom. The zero-order valence-electron chi connectivity index (χ0n) is 17.0. The van der Waals surface area contributed by atoms with E-state index in [0.717, 1.165) is 18.8 Å². The van der Waals surface area contributed by atoms with Gasteiger partial charge in [0.2, 0.25) is 5.91 Å². The first-order valence-corrected chi connectivity index (χ1v) is 11.6. The van der Waals surface area contributed by atoms with Crippen molar-refractivity contribution in [3.05, 3.63) is 64.1 Å². The number of carbonyl (C=O) groups excluding carboxylic acids is 2. The lowest BCUT2D eigenvalue weighted by Gasteiger charge is -2.11. The topological polar surface area (TPSA) is 88.9 Å². The molecule has 2 heterocycles.